The van der Waals surface area contributed by atoms with Gasteiger partial charge in [0, 0.05) is 29.1 Å². The van der Waals surface area contributed by atoms with Crippen molar-refractivity contribution in [1.82, 2.24) is 5.32 Å². The molecule has 0 radical (unpaired) electrons. The second kappa shape index (κ2) is 7.23. The van der Waals surface area contributed by atoms with Crippen molar-refractivity contribution in [2.75, 3.05) is 6.54 Å². The van der Waals surface area contributed by atoms with Crippen LogP contribution in [0.3, 0.4) is 0 Å². The molecule has 0 saturated carbocycles. The molecule has 0 aliphatic heterocycles. The molecule has 1 aromatic carbocycles. The van der Waals surface area contributed by atoms with E-state index in [1.165, 1.54) is 18.2 Å². The Morgan fingerprint density at radius 2 is 2.21 bits per heavy atom. The SMILES string of the molecule is Cc1cc([N+](=O)[O-])ccc1C(=O)NCCCC(C)Br. The predicted octanol–water partition coefficient (Wildman–Crippen LogP) is 3.20. The van der Waals surface area contributed by atoms with Crippen molar-refractivity contribution in [2.24, 2.45) is 0 Å². The zero-order valence-electron chi connectivity index (χ0n) is 11.0. The van der Waals surface area contributed by atoms with E-state index in [-0.39, 0.29) is 11.6 Å². The first kappa shape index (κ1) is 15.6. The van der Waals surface area contributed by atoms with Gasteiger partial charge in [-0.25, -0.2) is 0 Å². The van der Waals surface area contributed by atoms with E-state index in [0.717, 1.165) is 12.8 Å². The number of nitrogens with one attached hydrogen (secondary N) is 1. The Bertz CT molecular complexity index is 475. The number of hydrogen-bond acceptors (Lipinski definition) is 3. The molecular weight excluding hydrogens is 312 g/mol. The van der Waals surface area contributed by atoms with Gasteiger partial charge in [-0.05, 0) is 31.4 Å². The van der Waals surface area contributed by atoms with Crippen molar-refractivity contribution < 1.29 is 9.72 Å². The van der Waals surface area contributed by atoms with Crippen LogP contribution in [0.25, 0.3) is 0 Å². The Hall–Kier alpha value is -1.43. The zero-order chi connectivity index (χ0) is 14.4. The van der Waals surface area contributed by atoms with Crippen LogP contribution in [0.5, 0.6) is 0 Å². The maximum atomic E-state index is 11.9. The number of nitro groups is 1. The van der Waals surface area contributed by atoms with Crippen molar-refractivity contribution in [1.29, 1.82) is 0 Å². The van der Waals surface area contributed by atoms with E-state index in [0.29, 0.717) is 22.5 Å². The van der Waals surface area contributed by atoms with Crippen molar-refractivity contribution in [3.63, 3.8) is 0 Å². The second-order valence-corrected chi connectivity index (χ2v) is 6.00. The maximum Gasteiger partial charge on any atom is 0.269 e. The van der Waals surface area contributed by atoms with E-state index in [1.54, 1.807) is 6.92 Å². The highest BCUT2D eigenvalue weighted by molar-refractivity contribution is 9.09. The summed E-state index contributed by atoms with van der Waals surface area (Å²) in [7, 11) is 0. The summed E-state index contributed by atoms with van der Waals surface area (Å²) < 4.78 is 0. The average molecular weight is 329 g/mol. The van der Waals surface area contributed by atoms with Crippen LogP contribution in [-0.4, -0.2) is 22.2 Å². The molecule has 6 heteroatoms. The van der Waals surface area contributed by atoms with Crippen LogP contribution in [0, 0.1) is 17.0 Å². The van der Waals surface area contributed by atoms with Gasteiger partial charge in [-0.1, -0.05) is 22.9 Å². The number of nitrogens with zero attached hydrogens (tertiary/aromatic N) is 1. The summed E-state index contributed by atoms with van der Waals surface area (Å²) in [5, 5.41) is 13.4. The lowest BCUT2D eigenvalue weighted by Crippen LogP contribution is -2.25. The number of carbonyl (C=O) groups excluding carboxylic acids is 1. The lowest BCUT2D eigenvalue weighted by Gasteiger charge is -2.08. The van der Waals surface area contributed by atoms with E-state index in [1.807, 2.05) is 0 Å². The number of benzene rings is 1. The predicted molar refractivity (Wildman–Crippen MR) is 77.8 cm³/mol. The third kappa shape index (κ3) is 4.98. The lowest BCUT2D eigenvalue weighted by atomic mass is 10.1. The van der Waals surface area contributed by atoms with Gasteiger partial charge in [-0.15, -0.1) is 0 Å². The summed E-state index contributed by atoms with van der Waals surface area (Å²) >= 11 is 3.44. The van der Waals surface area contributed by atoms with Crippen LogP contribution in [0.1, 0.15) is 35.7 Å². The maximum absolute atomic E-state index is 11.9. The molecule has 0 saturated heterocycles. The number of amides is 1. The van der Waals surface area contributed by atoms with Gasteiger partial charge in [-0.2, -0.15) is 0 Å². The highest BCUT2D eigenvalue weighted by Crippen LogP contribution is 2.17. The quantitative estimate of drug-likeness (QED) is 0.377. The standard InChI is InChI=1S/C13H17BrN2O3/c1-9-8-11(16(18)19)5-6-12(9)13(17)15-7-3-4-10(2)14/h5-6,8,10H,3-4,7H2,1-2H3,(H,15,17). The van der Waals surface area contributed by atoms with Crippen LogP contribution >= 0.6 is 15.9 Å². The molecule has 1 rings (SSSR count). The number of halogens is 1. The fourth-order valence-electron chi connectivity index (χ4n) is 1.70. The molecule has 0 aliphatic carbocycles. The normalized spacial score (nSPS) is 11.9. The smallest absolute Gasteiger partial charge is 0.269 e. The monoisotopic (exact) mass is 328 g/mol. The number of hydrogen-bond donors (Lipinski definition) is 1. The second-order valence-electron chi connectivity index (χ2n) is 4.44. The Morgan fingerprint density at radius 3 is 2.74 bits per heavy atom. The largest absolute Gasteiger partial charge is 0.352 e. The van der Waals surface area contributed by atoms with Crippen LogP contribution in [-0.2, 0) is 0 Å². The molecule has 0 fully saturated rings. The molecule has 19 heavy (non-hydrogen) atoms. The van der Waals surface area contributed by atoms with Gasteiger partial charge in [0.15, 0.2) is 0 Å². The number of alkyl halides is 1. The minimum Gasteiger partial charge on any atom is -0.352 e. The van der Waals surface area contributed by atoms with Crippen molar-refractivity contribution >= 4 is 27.5 Å². The summed E-state index contributed by atoms with van der Waals surface area (Å²) in [4.78, 5) is 22.5. The topological polar surface area (TPSA) is 72.2 Å². The zero-order valence-corrected chi connectivity index (χ0v) is 12.6. The van der Waals surface area contributed by atoms with Gasteiger partial charge in [0.1, 0.15) is 0 Å². The lowest BCUT2D eigenvalue weighted by molar-refractivity contribution is -0.384. The first-order valence-corrected chi connectivity index (χ1v) is 7.00. The highest BCUT2D eigenvalue weighted by Gasteiger charge is 2.13. The number of non-ortho nitro benzene ring substituents is 1. The molecular formula is C13H17BrN2O3. The van der Waals surface area contributed by atoms with Crippen LogP contribution in [0.4, 0.5) is 5.69 Å². The number of rotatable bonds is 6. The van der Waals surface area contributed by atoms with Crippen molar-refractivity contribution in [3.8, 4) is 0 Å². The fraction of sp³-hybridized carbons (Fsp3) is 0.462. The minimum absolute atomic E-state index is 0.00200. The van der Waals surface area contributed by atoms with E-state index in [4.69, 9.17) is 0 Å². The fourth-order valence-corrected chi connectivity index (χ4v) is 2.02. The Kier molecular flexibility index (Phi) is 5.95. The molecule has 0 heterocycles. The Labute approximate surface area is 120 Å². The van der Waals surface area contributed by atoms with Gasteiger partial charge in [0.2, 0.25) is 0 Å². The van der Waals surface area contributed by atoms with Crippen LogP contribution in [0.15, 0.2) is 18.2 Å². The molecule has 5 nitrogen and oxygen atoms in total. The molecule has 0 bridgehead atoms. The van der Waals surface area contributed by atoms with E-state index in [9.17, 15) is 14.9 Å². The van der Waals surface area contributed by atoms with Gasteiger partial charge in [0.25, 0.3) is 11.6 Å². The molecule has 1 unspecified atom stereocenters. The number of nitro benzene ring substituents is 1. The summed E-state index contributed by atoms with van der Waals surface area (Å²) in [5.41, 5.74) is 1.10. The van der Waals surface area contributed by atoms with Crippen LogP contribution in [0.2, 0.25) is 0 Å². The van der Waals surface area contributed by atoms with E-state index in [2.05, 4.69) is 28.2 Å². The molecule has 0 spiro atoms. The van der Waals surface area contributed by atoms with Crippen molar-refractivity contribution in [3.05, 3.63) is 39.4 Å². The Morgan fingerprint density at radius 1 is 1.53 bits per heavy atom. The summed E-state index contributed by atoms with van der Waals surface area (Å²) in [6.45, 7) is 4.36. The minimum atomic E-state index is -0.466. The molecule has 0 aliphatic rings. The molecule has 1 atom stereocenters. The summed E-state index contributed by atoms with van der Waals surface area (Å²) in [6.07, 6.45) is 1.88. The van der Waals surface area contributed by atoms with Gasteiger partial charge in [0.05, 0.1) is 4.92 Å². The van der Waals surface area contributed by atoms with Gasteiger partial charge >= 0.3 is 0 Å². The van der Waals surface area contributed by atoms with Crippen molar-refractivity contribution in [2.45, 2.75) is 31.5 Å². The molecule has 1 N–H and O–H groups in total. The highest BCUT2D eigenvalue weighted by atomic mass is 79.9. The molecule has 0 aromatic heterocycles. The first-order chi connectivity index (χ1) is 8.91. The van der Waals surface area contributed by atoms with Gasteiger partial charge < -0.3 is 5.32 Å². The third-order valence-corrected chi connectivity index (χ3v) is 3.19. The number of aryl methyl sites for hydroxylation is 1. The molecule has 1 aromatic rings. The molecule has 1 amide bonds. The van der Waals surface area contributed by atoms with E-state index < -0.39 is 4.92 Å². The summed E-state index contributed by atoms with van der Waals surface area (Å²) in [6, 6.07) is 4.26. The summed E-state index contributed by atoms with van der Waals surface area (Å²) in [5.74, 6) is -0.186. The first-order valence-electron chi connectivity index (χ1n) is 6.09. The van der Waals surface area contributed by atoms with Crippen LogP contribution < -0.4 is 5.32 Å². The van der Waals surface area contributed by atoms with E-state index >= 15 is 0 Å². The van der Waals surface area contributed by atoms with Gasteiger partial charge in [-0.3, -0.25) is 14.9 Å². The Balaban J connectivity index is 2.60. The third-order valence-electron chi connectivity index (χ3n) is 2.73. The molecule has 104 valence electrons. The number of carbonyl (C=O) groups is 1. The average Bonchev–Trinajstić information content (AvgIpc) is 2.33.